The van der Waals surface area contributed by atoms with E-state index in [1.807, 2.05) is 0 Å². The number of unbranched alkanes of at least 4 members (excludes halogenated alkanes) is 2. The van der Waals surface area contributed by atoms with E-state index in [2.05, 4.69) is 40.0 Å². The minimum atomic E-state index is -2.49. The van der Waals surface area contributed by atoms with Crippen molar-refractivity contribution in [2.45, 2.75) is 189 Å². The maximum atomic E-state index is 14.4. The molecule has 0 saturated carbocycles. The summed E-state index contributed by atoms with van der Waals surface area (Å²) in [6.07, 6.45) is -3.92. The third kappa shape index (κ3) is 18.1. The summed E-state index contributed by atoms with van der Waals surface area (Å²) in [6, 6.07) is 9.00. The van der Waals surface area contributed by atoms with Gasteiger partial charge in [-0.2, -0.15) is 0 Å². The van der Waals surface area contributed by atoms with E-state index in [1.165, 1.54) is 67.7 Å². The average Bonchev–Trinajstić information content (AvgIpc) is 1.41. The summed E-state index contributed by atoms with van der Waals surface area (Å²) in [5.41, 5.74) is 1.82. The van der Waals surface area contributed by atoms with Crippen LogP contribution in [0.5, 0.6) is 29.0 Å². The summed E-state index contributed by atoms with van der Waals surface area (Å²) >= 11 is 1.52. The van der Waals surface area contributed by atoms with E-state index in [0.29, 0.717) is 60.4 Å². The molecule has 3 fully saturated rings. The molecule has 0 radical (unpaired) electrons. The number of fused-ring (bicyclic) bond motifs is 6. The number of benzene rings is 3. The number of likely N-dealkylation sites (N-methyl/N-ethyl adjacent to an activating group) is 2. The van der Waals surface area contributed by atoms with Gasteiger partial charge in [-0.25, -0.2) is 14.4 Å². The van der Waals surface area contributed by atoms with Crippen molar-refractivity contribution in [3.05, 3.63) is 87.5 Å². The van der Waals surface area contributed by atoms with Gasteiger partial charge < -0.3 is 100 Å². The van der Waals surface area contributed by atoms with Gasteiger partial charge in [0.05, 0.1) is 47.5 Å². The number of phenolic OH excluding ortho intramolecular Hbond substituents is 2. The zero-order valence-corrected chi connectivity index (χ0v) is 60.2. The zero-order chi connectivity index (χ0) is 74.7. The molecule has 31 nitrogen and oxygen atoms in total. The number of nitrogens with zero attached hydrogens (tertiary/aromatic N) is 4. The maximum Gasteiger partial charge on any atom is 0.409 e. The third-order valence-corrected chi connectivity index (χ3v) is 20.9. The second kappa shape index (κ2) is 34.7. The van der Waals surface area contributed by atoms with Crippen LogP contribution in [0.25, 0.3) is 0 Å². The lowest BCUT2D eigenvalue weighted by atomic mass is 9.72. The number of ketones is 3. The van der Waals surface area contributed by atoms with Crippen molar-refractivity contribution in [3.63, 3.8) is 0 Å². The Labute approximate surface area is 600 Å². The number of hydrogen-bond donors (Lipinski definition) is 10. The number of aromatic nitrogens is 1. The van der Waals surface area contributed by atoms with Crippen molar-refractivity contribution < 1.29 is 107 Å². The molecule has 103 heavy (non-hydrogen) atoms. The number of primary amides is 1. The summed E-state index contributed by atoms with van der Waals surface area (Å²) in [5.74, 6) is -6.15. The number of carbonyl (C=O) groups excluding carboxylic acids is 9. The summed E-state index contributed by atoms with van der Waals surface area (Å²) in [6.45, 7) is 9.28. The Balaban J connectivity index is 0.761. The fourth-order valence-corrected chi connectivity index (χ4v) is 14.7. The number of Topliss-reactive ketones (excluding diaryl/α,β-unsaturated/α-hetero) is 1. The standard InChI is InChI=1S/C71H95N9O22S/c1-10-41(11-2)103-48-32-51(83)80(65(48)90)26-14-12-13-20-50(82)76-57(37(3)4)64(89)75-44(18-16-25-73-68(72)91)63(88)74-40-23-21-39(22-24-40)35-98-69(92)77(6)27-28-78(7)70(93)99-36-49(81)71(94)33-43-54(61(87)56-55(59(43)85)58(84)42-17-15-19-46(95-8)53(42)60(56)86)47(34-71)101-52-31-45-62(38(5)100-52)102-66-67(96-9)97-30-29-79(45)66/h15,17,19,21-24,32,37-38,41,44-45,47,52,57,62,66-67,83,85,87,90,94H,10-14,16,18,20,25-31,33-36H2,1-9H3,(H,74,88)(H,75,89)(H,76,82)(H3,72,73,91). The third-order valence-electron chi connectivity index (χ3n) is 19.4. The molecule has 2 aliphatic carbocycles. The highest BCUT2D eigenvalue weighted by Gasteiger charge is 2.56. The average molecular weight is 1460 g/mol. The number of thioether (sulfide) groups is 1. The number of morpholine rings is 1. The molecule has 1 aromatic heterocycles. The molecule has 10 atom stereocenters. The van der Waals surface area contributed by atoms with Crippen molar-refractivity contribution >= 4 is 70.7 Å². The molecule has 4 aromatic rings. The number of anilines is 1. The topological polar surface area (TPSA) is 417 Å². The number of amides is 7. The number of nitrogens with one attached hydrogen (secondary N) is 4. The van der Waals surface area contributed by atoms with Crippen molar-refractivity contribution in [1.82, 2.24) is 35.2 Å². The Morgan fingerprint density at radius 2 is 1.54 bits per heavy atom. The predicted octanol–water partition coefficient (Wildman–Crippen LogP) is 5.82. The number of hydrogen-bond acceptors (Lipinski definition) is 24. The molecule has 562 valence electrons. The highest BCUT2D eigenvalue weighted by atomic mass is 32.2. The van der Waals surface area contributed by atoms with Crippen LogP contribution in [-0.4, -0.2) is 226 Å². The Morgan fingerprint density at radius 1 is 0.845 bits per heavy atom. The van der Waals surface area contributed by atoms with Gasteiger partial charge in [0.25, 0.3) is 0 Å². The van der Waals surface area contributed by atoms with Gasteiger partial charge in [0.15, 0.2) is 37.1 Å². The van der Waals surface area contributed by atoms with Crippen molar-refractivity contribution in [1.29, 1.82) is 0 Å². The van der Waals surface area contributed by atoms with Crippen LogP contribution in [0.2, 0.25) is 0 Å². The summed E-state index contributed by atoms with van der Waals surface area (Å²) in [7, 11) is 5.59. The second-order valence-corrected chi connectivity index (χ2v) is 28.1. The minimum absolute atomic E-state index is 0.00888. The number of phenols is 2. The van der Waals surface area contributed by atoms with E-state index in [0.717, 1.165) is 17.7 Å². The van der Waals surface area contributed by atoms with Crippen LogP contribution in [0.15, 0.2) is 53.4 Å². The number of urea groups is 1. The fourth-order valence-electron chi connectivity index (χ4n) is 13.6. The molecule has 7 amide bonds. The summed E-state index contributed by atoms with van der Waals surface area (Å²) in [4.78, 5) is 127. The first kappa shape index (κ1) is 78.4. The van der Waals surface area contributed by atoms with Gasteiger partial charge >= 0.3 is 18.2 Å². The predicted molar refractivity (Wildman–Crippen MR) is 370 cm³/mol. The number of aromatic hydroxyl groups is 4. The molecule has 32 heteroatoms. The van der Waals surface area contributed by atoms with Crippen molar-refractivity contribution in [2.75, 3.05) is 73.0 Å². The minimum Gasteiger partial charge on any atom is -0.507 e. The number of nitrogens with two attached hydrogens (primary N) is 1. The molecular weight excluding hydrogens is 1360 g/mol. The molecule has 3 saturated heterocycles. The van der Waals surface area contributed by atoms with Crippen molar-refractivity contribution in [3.8, 4) is 29.0 Å². The first-order chi connectivity index (χ1) is 49.1. The van der Waals surface area contributed by atoms with Gasteiger partial charge in [-0.1, -0.05) is 58.4 Å². The number of ether oxygens (including phenoxy) is 8. The van der Waals surface area contributed by atoms with E-state index in [4.69, 9.17) is 43.6 Å². The Kier molecular flexibility index (Phi) is 26.4. The number of rotatable bonds is 32. The quantitative estimate of drug-likeness (QED) is 0.0138. The summed E-state index contributed by atoms with van der Waals surface area (Å²) in [5, 5.41) is 69.1. The molecule has 3 aromatic carbocycles. The lowest BCUT2D eigenvalue weighted by Gasteiger charge is -2.43. The molecule has 0 bridgehead atoms. The van der Waals surface area contributed by atoms with E-state index in [9.17, 15) is 68.7 Å². The lowest BCUT2D eigenvalue weighted by Crippen LogP contribution is -2.55. The molecule has 3 aliphatic heterocycles. The Morgan fingerprint density at radius 3 is 2.21 bits per heavy atom. The highest BCUT2D eigenvalue weighted by molar-refractivity contribution is 8.00. The van der Waals surface area contributed by atoms with Gasteiger partial charge in [-0.15, -0.1) is 11.8 Å². The van der Waals surface area contributed by atoms with Crippen LogP contribution in [-0.2, 0) is 71.9 Å². The first-order valence-corrected chi connectivity index (χ1v) is 35.6. The second-order valence-electron chi connectivity index (χ2n) is 26.7. The van der Waals surface area contributed by atoms with Gasteiger partial charge in [0.1, 0.15) is 47.6 Å². The van der Waals surface area contributed by atoms with Crippen molar-refractivity contribution in [2.24, 2.45) is 11.7 Å². The lowest BCUT2D eigenvalue weighted by molar-refractivity contribution is -0.256. The maximum absolute atomic E-state index is 14.4. The zero-order valence-electron chi connectivity index (χ0n) is 59.4. The first-order valence-electron chi connectivity index (χ1n) is 34.7. The molecule has 0 spiro atoms. The number of methoxy groups -OCH3 is 2. The molecule has 11 N–H and O–H groups in total. The van der Waals surface area contributed by atoms with Gasteiger partial charge in [0.2, 0.25) is 35.2 Å². The van der Waals surface area contributed by atoms with Crippen LogP contribution in [0.4, 0.5) is 20.1 Å². The van der Waals surface area contributed by atoms with Gasteiger partial charge in [0, 0.05) is 119 Å². The SMILES string of the molecule is CCC(CC)Sc1cc(O)n(CCCCCC(=O)NC(C(=O)NC(CCCNC(N)=O)C(=O)Nc2ccc(COC(=O)N(C)CCN(C)C(=O)OCC(=O)C3(O)Cc4c(O)c5c(c(O)c4C(OC4CC6C(OC7C(OC)OCCN67)C(C)O4)C3)C(=O)c3c(OC)cccc3C5=O)cc2)C(C)C)c1O. The largest absolute Gasteiger partial charge is 0.507 e. The van der Waals surface area contributed by atoms with E-state index in [-0.39, 0.29) is 110 Å². The van der Waals surface area contributed by atoms with Gasteiger partial charge in [-0.05, 0) is 75.1 Å². The van der Waals surface area contributed by atoms with E-state index in [1.54, 1.807) is 51.1 Å². The molecule has 4 heterocycles. The van der Waals surface area contributed by atoms with Crippen LogP contribution in [0.1, 0.15) is 153 Å². The highest BCUT2D eigenvalue weighted by Crippen LogP contribution is 2.53. The molecular formula is C71H95N9O22S. The van der Waals surface area contributed by atoms with Crippen LogP contribution in [0, 0.1) is 5.92 Å². The number of carbonyl (C=O) groups is 9. The fraction of sp³-hybridized carbons (Fsp3) is 0.563. The monoisotopic (exact) mass is 1460 g/mol. The molecule has 9 rings (SSSR count). The molecule has 5 aliphatic rings. The van der Waals surface area contributed by atoms with E-state index < -0.39 is 144 Å². The Hall–Kier alpha value is -8.76. The summed E-state index contributed by atoms with van der Waals surface area (Å²) < 4.78 is 48.4. The number of aliphatic hydroxyl groups is 1. The van der Waals surface area contributed by atoms with Gasteiger partial charge in [-0.3, -0.25) is 38.2 Å². The van der Waals surface area contributed by atoms with Crippen LogP contribution >= 0.6 is 11.8 Å². The Bertz CT molecular complexity index is 3780. The van der Waals surface area contributed by atoms with Crippen LogP contribution < -0.4 is 31.7 Å². The van der Waals surface area contributed by atoms with E-state index >= 15 is 0 Å². The molecule has 10 unspecified atom stereocenters. The smallest absolute Gasteiger partial charge is 0.409 e. The van der Waals surface area contributed by atoms with Crippen LogP contribution in [0.3, 0.4) is 0 Å². The normalized spacial score (nSPS) is 21.8.